The summed E-state index contributed by atoms with van der Waals surface area (Å²) in [6, 6.07) is 15.0. The second kappa shape index (κ2) is 10.1. The van der Waals surface area contributed by atoms with Crippen LogP contribution in [0.1, 0.15) is 29.5 Å². The molecule has 4 nitrogen and oxygen atoms in total. The zero-order valence-electron chi connectivity index (χ0n) is 16.2. The number of hydrogen-bond acceptors (Lipinski definition) is 4. The highest BCUT2D eigenvalue weighted by molar-refractivity contribution is 6.30. The van der Waals surface area contributed by atoms with Crippen LogP contribution >= 0.6 is 11.6 Å². The van der Waals surface area contributed by atoms with Crippen molar-refractivity contribution in [2.75, 3.05) is 27.3 Å². The Morgan fingerprint density at radius 2 is 1.89 bits per heavy atom. The predicted octanol–water partition coefficient (Wildman–Crippen LogP) is 4.25. The molecule has 0 aliphatic carbocycles. The molecule has 0 aromatic heterocycles. The maximum absolute atomic E-state index is 5.99. The number of ether oxygens (including phenoxy) is 2. The van der Waals surface area contributed by atoms with Gasteiger partial charge in [0, 0.05) is 43.4 Å². The lowest BCUT2D eigenvalue weighted by atomic mass is 10.0. The van der Waals surface area contributed by atoms with E-state index in [9.17, 15) is 0 Å². The number of halogens is 1. The summed E-state index contributed by atoms with van der Waals surface area (Å²) >= 11 is 5.99. The Labute approximate surface area is 167 Å². The van der Waals surface area contributed by atoms with Gasteiger partial charge in [0.2, 0.25) is 0 Å². The number of benzene rings is 2. The van der Waals surface area contributed by atoms with Gasteiger partial charge in [0.05, 0.1) is 13.7 Å². The summed E-state index contributed by atoms with van der Waals surface area (Å²) < 4.78 is 10.7. The van der Waals surface area contributed by atoms with Crippen molar-refractivity contribution in [3.8, 4) is 5.75 Å². The van der Waals surface area contributed by atoms with Crippen molar-refractivity contribution in [3.05, 3.63) is 64.2 Å². The zero-order chi connectivity index (χ0) is 19.1. The minimum atomic E-state index is 0.513. The van der Waals surface area contributed by atoms with Gasteiger partial charge in [-0.05, 0) is 54.8 Å². The maximum atomic E-state index is 5.99. The van der Waals surface area contributed by atoms with E-state index in [0.717, 1.165) is 42.5 Å². The van der Waals surface area contributed by atoms with Crippen LogP contribution in [-0.2, 0) is 24.4 Å². The van der Waals surface area contributed by atoms with E-state index in [4.69, 9.17) is 21.1 Å². The first-order valence-electron chi connectivity index (χ1n) is 9.53. The molecule has 2 aromatic rings. The van der Waals surface area contributed by atoms with Gasteiger partial charge in [0.25, 0.3) is 0 Å². The molecule has 146 valence electrons. The van der Waals surface area contributed by atoms with Crippen LogP contribution in [0.3, 0.4) is 0 Å². The Hall–Kier alpha value is -1.59. The molecule has 0 radical (unpaired) electrons. The van der Waals surface area contributed by atoms with E-state index in [1.807, 2.05) is 18.2 Å². The van der Waals surface area contributed by atoms with Crippen LogP contribution in [0, 0.1) is 0 Å². The van der Waals surface area contributed by atoms with E-state index >= 15 is 0 Å². The van der Waals surface area contributed by atoms with Gasteiger partial charge in [0.15, 0.2) is 0 Å². The van der Waals surface area contributed by atoms with Crippen LogP contribution in [-0.4, -0.2) is 38.3 Å². The molecule has 5 heteroatoms. The molecule has 0 amide bonds. The molecule has 1 fully saturated rings. The highest BCUT2D eigenvalue weighted by Gasteiger charge is 2.19. The fourth-order valence-electron chi connectivity index (χ4n) is 3.69. The quantitative estimate of drug-likeness (QED) is 0.733. The Kier molecular flexibility index (Phi) is 7.53. The number of methoxy groups -OCH3 is 2. The molecule has 0 bridgehead atoms. The third-order valence-electron chi connectivity index (χ3n) is 5.06. The molecule has 0 unspecified atom stereocenters. The van der Waals surface area contributed by atoms with Gasteiger partial charge >= 0.3 is 0 Å². The first kappa shape index (κ1) is 20.2. The Bertz CT molecular complexity index is 721. The molecule has 1 aliphatic heterocycles. The summed E-state index contributed by atoms with van der Waals surface area (Å²) in [5, 5.41) is 4.52. The van der Waals surface area contributed by atoms with Crippen LogP contribution in [0.5, 0.6) is 5.75 Å². The minimum Gasteiger partial charge on any atom is -0.496 e. The molecule has 27 heavy (non-hydrogen) atoms. The highest BCUT2D eigenvalue weighted by Crippen LogP contribution is 2.21. The highest BCUT2D eigenvalue weighted by atomic mass is 35.5. The number of nitrogens with zero attached hydrogens (tertiary/aromatic N) is 1. The molecule has 1 atom stereocenters. The smallest absolute Gasteiger partial charge is 0.124 e. The first-order chi connectivity index (χ1) is 13.2. The van der Waals surface area contributed by atoms with Crippen molar-refractivity contribution in [3.63, 3.8) is 0 Å². The Morgan fingerprint density at radius 3 is 2.63 bits per heavy atom. The normalized spacial score (nSPS) is 17.8. The second-order valence-electron chi connectivity index (χ2n) is 7.16. The van der Waals surface area contributed by atoms with E-state index in [1.54, 1.807) is 14.2 Å². The molecule has 1 N–H and O–H groups in total. The average Bonchev–Trinajstić information content (AvgIpc) is 2.69. The predicted molar refractivity (Wildman–Crippen MR) is 110 cm³/mol. The largest absolute Gasteiger partial charge is 0.496 e. The fraction of sp³-hybridized carbons (Fsp3) is 0.455. The van der Waals surface area contributed by atoms with E-state index in [1.165, 1.54) is 24.0 Å². The van der Waals surface area contributed by atoms with E-state index in [2.05, 4.69) is 34.5 Å². The third-order valence-corrected chi connectivity index (χ3v) is 5.32. The number of rotatable bonds is 8. The van der Waals surface area contributed by atoms with Crippen LogP contribution < -0.4 is 10.1 Å². The Balaban J connectivity index is 1.53. The summed E-state index contributed by atoms with van der Waals surface area (Å²) in [6.07, 6.45) is 2.45. The van der Waals surface area contributed by atoms with E-state index in [0.29, 0.717) is 12.6 Å². The maximum Gasteiger partial charge on any atom is 0.124 e. The SMILES string of the molecule is COCc1cc(CN[C@H]2CCCN(Cc3ccc(Cl)cc3)C2)ccc1OC. The number of nitrogens with one attached hydrogen (secondary N) is 1. The van der Waals surface area contributed by atoms with Crippen molar-refractivity contribution in [1.29, 1.82) is 0 Å². The van der Waals surface area contributed by atoms with Gasteiger partial charge in [-0.15, -0.1) is 0 Å². The van der Waals surface area contributed by atoms with Gasteiger partial charge < -0.3 is 14.8 Å². The standard InChI is InChI=1S/C22H29ClN2O2/c1-26-16-19-12-18(7-10-22(19)27-2)13-24-21-4-3-11-25(15-21)14-17-5-8-20(23)9-6-17/h5-10,12,21,24H,3-4,11,13-16H2,1-2H3/t21-/m0/s1. The molecule has 2 aromatic carbocycles. The fourth-order valence-corrected chi connectivity index (χ4v) is 3.81. The molecule has 0 saturated carbocycles. The van der Waals surface area contributed by atoms with E-state index < -0.39 is 0 Å². The van der Waals surface area contributed by atoms with Crippen molar-refractivity contribution < 1.29 is 9.47 Å². The summed E-state index contributed by atoms with van der Waals surface area (Å²) in [5.41, 5.74) is 3.67. The van der Waals surface area contributed by atoms with Crippen LogP contribution in [0.2, 0.25) is 5.02 Å². The summed E-state index contributed by atoms with van der Waals surface area (Å²) in [5.74, 6) is 0.882. The lowest BCUT2D eigenvalue weighted by molar-refractivity contribution is 0.180. The van der Waals surface area contributed by atoms with Crippen molar-refractivity contribution in [2.24, 2.45) is 0 Å². The lowest BCUT2D eigenvalue weighted by Crippen LogP contribution is -2.45. The molecular formula is C22H29ClN2O2. The minimum absolute atomic E-state index is 0.513. The molecule has 1 heterocycles. The second-order valence-corrected chi connectivity index (χ2v) is 7.60. The number of likely N-dealkylation sites (tertiary alicyclic amines) is 1. The van der Waals surface area contributed by atoms with E-state index in [-0.39, 0.29) is 0 Å². The lowest BCUT2D eigenvalue weighted by Gasteiger charge is -2.33. The number of piperidine rings is 1. The molecule has 1 aliphatic rings. The molecule has 3 rings (SSSR count). The van der Waals surface area contributed by atoms with Crippen LogP contribution in [0.4, 0.5) is 0 Å². The van der Waals surface area contributed by atoms with Gasteiger partial charge in [-0.1, -0.05) is 29.8 Å². The van der Waals surface area contributed by atoms with Crippen molar-refractivity contribution in [2.45, 2.75) is 38.6 Å². The van der Waals surface area contributed by atoms with Gasteiger partial charge in [0.1, 0.15) is 5.75 Å². The first-order valence-corrected chi connectivity index (χ1v) is 9.90. The number of hydrogen-bond donors (Lipinski definition) is 1. The summed E-state index contributed by atoms with van der Waals surface area (Å²) in [4.78, 5) is 2.52. The van der Waals surface area contributed by atoms with Crippen LogP contribution in [0.15, 0.2) is 42.5 Å². The van der Waals surface area contributed by atoms with Gasteiger partial charge in [-0.2, -0.15) is 0 Å². The topological polar surface area (TPSA) is 33.7 Å². The monoisotopic (exact) mass is 388 g/mol. The summed E-state index contributed by atoms with van der Waals surface area (Å²) in [6.45, 7) is 4.64. The summed E-state index contributed by atoms with van der Waals surface area (Å²) in [7, 11) is 3.41. The molecule has 0 spiro atoms. The Morgan fingerprint density at radius 1 is 1.11 bits per heavy atom. The van der Waals surface area contributed by atoms with Crippen LogP contribution in [0.25, 0.3) is 0 Å². The van der Waals surface area contributed by atoms with Crippen molar-refractivity contribution >= 4 is 11.6 Å². The van der Waals surface area contributed by atoms with Gasteiger partial charge in [-0.25, -0.2) is 0 Å². The molecule has 1 saturated heterocycles. The zero-order valence-corrected chi connectivity index (χ0v) is 17.0. The molecular weight excluding hydrogens is 360 g/mol. The van der Waals surface area contributed by atoms with Gasteiger partial charge in [-0.3, -0.25) is 4.90 Å². The van der Waals surface area contributed by atoms with Crippen molar-refractivity contribution in [1.82, 2.24) is 10.2 Å². The third kappa shape index (κ3) is 5.94. The average molecular weight is 389 g/mol.